The molecule has 0 bridgehead atoms. The summed E-state index contributed by atoms with van der Waals surface area (Å²) in [5, 5.41) is 0.677. The summed E-state index contributed by atoms with van der Waals surface area (Å²) in [7, 11) is 0. The van der Waals surface area contributed by atoms with Crippen molar-refractivity contribution in [1.82, 2.24) is 4.98 Å². The van der Waals surface area contributed by atoms with Gasteiger partial charge in [0.2, 0.25) is 5.78 Å². The molecule has 3 rings (SSSR count). The van der Waals surface area contributed by atoms with E-state index in [0.29, 0.717) is 10.7 Å². The molecule has 0 amide bonds. The number of aryl methyl sites for hydroxylation is 3. The third kappa shape index (κ3) is 1.83. The third-order valence-electron chi connectivity index (χ3n) is 3.31. The van der Waals surface area contributed by atoms with Crippen LogP contribution in [0.15, 0.2) is 30.3 Å². The molecule has 2 nitrogen and oxygen atoms in total. The Labute approximate surface area is 111 Å². The predicted molar refractivity (Wildman–Crippen MR) is 71.3 cm³/mol. The highest BCUT2D eigenvalue weighted by Crippen LogP contribution is 2.25. The van der Waals surface area contributed by atoms with Gasteiger partial charge in [0.25, 0.3) is 0 Å². The van der Waals surface area contributed by atoms with Crippen LogP contribution in [0.5, 0.6) is 0 Å². The van der Waals surface area contributed by atoms with Crippen LogP contribution in [-0.2, 0) is 12.8 Å². The minimum Gasteiger partial charge on any atom is -0.287 e. The second-order valence-electron chi connectivity index (χ2n) is 4.59. The zero-order chi connectivity index (χ0) is 12.7. The average Bonchev–Trinajstić information content (AvgIpc) is 2.48. The molecule has 3 heteroatoms. The van der Waals surface area contributed by atoms with Gasteiger partial charge in [-0.1, -0.05) is 17.7 Å². The minimum atomic E-state index is 0.0119. The number of halogens is 1. The van der Waals surface area contributed by atoms with Crippen molar-refractivity contribution in [2.45, 2.75) is 19.8 Å². The maximum Gasteiger partial charge on any atom is 0.211 e. The van der Waals surface area contributed by atoms with Crippen LogP contribution in [0.1, 0.15) is 32.9 Å². The summed E-state index contributed by atoms with van der Waals surface area (Å²) in [6.07, 6.45) is 1.67. The minimum absolute atomic E-state index is 0.0119. The van der Waals surface area contributed by atoms with E-state index < -0.39 is 0 Å². The summed E-state index contributed by atoms with van der Waals surface area (Å²) >= 11 is 5.99. The van der Waals surface area contributed by atoms with E-state index in [1.165, 1.54) is 0 Å². The Kier molecular flexibility index (Phi) is 2.67. The van der Waals surface area contributed by atoms with Gasteiger partial charge in [-0.05, 0) is 55.2 Å². The van der Waals surface area contributed by atoms with Crippen LogP contribution in [0.2, 0.25) is 5.02 Å². The number of carbonyl (C=O) groups is 1. The summed E-state index contributed by atoms with van der Waals surface area (Å²) in [6, 6.07) is 9.41. The first kappa shape index (κ1) is 11.4. The maximum atomic E-state index is 12.5. The van der Waals surface area contributed by atoms with Crippen LogP contribution in [0.25, 0.3) is 0 Å². The number of carbonyl (C=O) groups excluding carboxylic acids is 1. The topological polar surface area (TPSA) is 30.0 Å². The molecular formula is C15H12ClNO. The molecule has 0 radical (unpaired) electrons. The molecule has 18 heavy (non-hydrogen) atoms. The maximum absolute atomic E-state index is 12.5. The molecule has 0 atom stereocenters. The van der Waals surface area contributed by atoms with Crippen molar-refractivity contribution in [3.05, 3.63) is 63.4 Å². The number of aromatic nitrogens is 1. The second-order valence-corrected chi connectivity index (χ2v) is 5.03. The molecule has 1 aliphatic rings. The molecular weight excluding hydrogens is 246 g/mol. The summed E-state index contributed by atoms with van der Waals surface area (Å²) in [5.74, 6) is 0.0119. The van der Waals surface area contributed by atoms with Gasteiger partial charge in [-0.3, -0.25) is 4.79 Å². The van der Waals surface area contributed by atoms with Crippen LogP contribution in [0.3, 0.4) is 0 Å². The highest BCUT2D eigenvalue weighted by Gasteiger charge is 2.22. The SMILES string of the molecule is Cc1ccc2c(n1)C(=O)c1ccc(Cl)cc1CC2. The lowest BCUT2D eigenvalue weighted by Crippen LogP contribution is -2.07. The molecule has 0 aliphatic heterocycles. The fourth-order valence-corrected chi connectivity index (χ4v) is 2.57. The highest BCUT2D eigenvalue weighted by atomic mass is 35.5. The van der Waals surface area contributed by atoms with Crippen LogP contribution in [0, 0.1) is 6.92 Å². The second kappa shape index (κ2) is 4.21. The third-order valence-corrected chi connectivity index (χ3v) is 3.54. The summed E-state index contributed by atoms with van der Waals surface area (Å²) in [4.78, 5) is 16.9. The fraction of sp³-hybridized carbons (Fsp3) is 0.200. The first-order valence-electron chi connectivity index (χ1n) is 5.95. The molecule has 1 aromatic heterocycles. The number of nitrogens with zero attached hydrogens (tertiary/aromatic N) is 1. The standard InChI is InChI=1S/C15H12ClNO/c1-9-2-3-10-4-5-11-8-12(16)6-7-13(11)15(18)14(10)17-9/h2-3,6-8H,4-5H2,1H3. The van der Waals surface area contributed by atoms with Crippen LogP contribution in [-0.4, -0.2) is 10.8 Å². The van der Waals surface area contributed by atoms with Crippen molar-refractivity contribution in [3.63, 3.8) is 0 Å². The Hall–Kier alpha value is -1.67. The van der Waals surface area contributed by atoms with E-state index in [1.807, 2.05) is 25.1 Å². The number of rotatable bonds is 0. The van der Waals surface area contributed by atoms with Crippen LogP contribution in [0.4, 0.5) is 0 Å². The van der Waals surface area contributed by atoms with Crippen molar-refractivity contribution >= 4 is 17.4 Å². The van der Waals surface area contributed by atoms with Crippen molar-refractivity contribution in [2.75, 3.05) is 0 Å². The van der Waals surface area contributed by atoms with Gasteiger partial charge in [-0.15, -0.1) is 0 Å². The quantitative estimate of drug-likeness (QED) is 0.724. The van der Waals surface area contributed by atoms with Crippen molar-refractivity contribution in [1.29, 1.82) is 0 Å². The Morgan fingerprint density at radius 3 is 2.72 bits per heavy atom. The Bertz CT molecular complexity index is 649. The lowest BCUT2D eigenvalue weighted by molar-refractivity contribution is 0.103. The molecule has 0 unspecified atom stereocenters. The van der Waals surface area contributed by atoms with Gasteiger partial charge in [-0.2, -0.15) is 0 Å². The smallest absolute Gasteiger partial charge is 0.211 e. The zero-order valence-corrected chi connectivity index (χ0v) is 10.8. The Morgan fingerprint density at radius 2 is 1.89 bits per heavy atom. The first-order valence-corrected chi connectivity index (χ1v) is 6.32. The summed E-state index contributed by atoms with van der Waals surface area (Å²) in [5.41, 5.74) is 4.24. The lowest BCUT2D eigenvalue weighted by Gasteiger charge is -2.05. The van der Waals surface area contributed by atoms with Crippen LogP contribution >= 0.6 is 11.6 Å². The molecule has 0 spiro atoms. The van der Waals surface area contributed by atoms with Gasteiger partial charge in [0.1, 0.15) is 5.69 Å². The molecule has 90 valence electrons. The monoisotopic (exact) mass is 257 g/mol. The summed E-state index contributed by atoms with van der Waals surface area (Å²) in [6.45, 7) is 1.90. The van der Waals surface area contributed by atoms with E-state index >= 15 is 0 Å². The number of hydrogen-bond donors (Lipinski definition) is 0. The number of fused-ring (bicyclic) bond motifs is 2. The molecule has 0 N–H and O–H groups in total. The first-order chi connectivity index (χ1) is 8.65. The molecule has 1 aromatic carbocycles. The van der Waals surface area contributed by atoms with E-state index in [2.05, 4.69) is 4.98 Å². The normalized spacial score (nSPS) is 13.8. The largest absolute Gasteiger partial charge is 0.287 e. The number of hydrogen-bond acceptors (Lipinski definition) is 2. The van der Waals surface area contributed by atoms with E-state index in [9.17, 15) is 4.79 Å². The Balaban J connectivity index is 2.20. The fourth-order valence-electron chi connectivity index (χ4n) is 2.37. The zero-order valence-electron chi connectivity index (χ0n) is 10.0. The van der Waals surface area contributed by atoms with Gasteiger partial charge in [0.15, 0.2) is 0 Å². The van der Waals surface area contributed by atoms with E-state index in [-0.39, 0.29) is 5.78 Å². The van der Waals surface area contributed by atoms with Crippen molar-refractivity contribution < 1.29 is 4.79 Å². The lowest BCUT2D eigenvalue weighted by atomic mass is 10.0. The van der Waals surface area contributed by atoms with Gasteiger partial charge in [0.05, 0.1) is 0 Å². The van der Waals surface area contributed by atoms with Gasteiger partial charge < -0.3 is 0 Å². The molecule has 1 aliphatic carbocycles. The Morgan fingerprint density at radius 1 is 1.11 bits per heavy atom. The predicted octanol–water partition coefficient (Wildman–Crippen LogP) is 3.37. The number of benzene rings is 1. The molecule has 0 saturated carbocycles. The molecule has 2 aromatic rings. The average molecular weight is 258 g/mol. The van der Waals surface area contributed by atoms with Crippen molar-refractivity contribution in [2.24, 2.45) is 0 Å². The molecule has 0 fully saturated rings. The highest BCUT2D eigenvalue weighted by molar-refractivity contribution is 6.30. The van der Waals surface area contributed by atoms with Gasteiger partial charge >= 0.3 is 0 Å². The van der Waals surface area contributed by atoms with Crippen LogP contribution < -0.4 is 0 Å². The van der Waals surface area contributed by atoms with E-state index in [4.69, 9.17) is 11.6 Å². The van der Waals surface area contributed by atoms with Gasteiger partial charge in [0, 0.05) is 16.3 Å². The molecule has 0 saturated heterocycles. The number of pyridine rings is 1. The molecule has 1 heterocycles. The summed E-state index contributed by atoms with van der Waals surface area (Å²) < 4.78 is 0. The van der Waals surface area contributed by atoms with E-state index in [1.54, 1.807) is 12.1 Å². The number of ketones is 1. The van der Waals surface area contributed by atoms with Gasteiger partial charge in [-0.25, -0.2) is 4.98 Å². The van der Waals surface area contributed by atoms with Crippen molar-refractivity contribution in [3.8, 4) is 0 Å². The van der Waals surface area contributed by atoms with E-state index in [0.717, 1.165) is 35.2 Å².